The molecular weight excluding hydrogens is 218 g/mol. The maximum absolute atomic E-state index is 5.27. The molecule has 17 heavy (non-hydrogen) atoms. The summed E-state index contributed by atoms with van der Waals surface area (Å²) in [4.78, 5) is 4.39. The maximum Gasteiger partial charge on any atom is 0.231 e. The van der Waals surface area contributed by atoms with Gasteiger partial charge in [-0.15, -0.1) is 0 Å². The number of hydrogen-bond donors (Lipinski definition) is 1. The summed E-state index contributed by atoms with van der Waals surface area (Å²) in [6.45, 7) is 4.14. The van der Waals surface area contributed by atoms with E-state index in [4.69, 9.17) is 4.52 Å². The van der Waals surface area contributed by atoms with Gasteiger partial charge in [0.1, 0.15) is 0 Å². The second-order valence-corrected chi connectivity index (χ2v) is 4.22. The van der Waals surface area contributed by atoms with Crippen molar-refractivity contribution in [2.45, 2.75) is 25.8 Å². The van der Waals surface area contributed by atoms with Crippen LogP contribution >= 0.6 is 0 Å². The van der Waals surface area contributed by atoms with Crippen LogP contribution in [0.4, 0.5) is 0 Å². The molecule has 0 aliphatic carbocycles. The maximum atomic E-state index is 5.27. The molecule has 2 aromatic heterocycles. The lowest BCUT2D eigenvalue weighted by molar-refractivity contribution is 0.336. The molecule has 2 aromatic rings. The van der Waals surface area contributed by atoms with Gasteiger partial charge in [0.05, 0.1) is 17.7 Å². The number of likely N-dealkylation sites (N-methyl/N-ethyl adjacent to an activating group) is 1. The molecule has 0 amide bonds. The van der Waals surface area contributed by atoms with Gasteiger partial charge in [-0.1, -0.05) is 12.1 Å². The zero-order valence-electron chi connectivity index (χ0n) is 10.5. The van der Waals surface area contributed by atoms with E-state index in [9.17, 15) is 0 Å². The normalized spacial score (nSPS) is 14.8. The molecule has 0 bridgehead atoms. The van der Waals surface area contributed by atoms with E-state index in [1.807, 2.05) is 20.3 Å². The molecule has 2 atom stereocenters. The molecule has 92 valence electrons. The van der Waals surface area contributed by atoms with E-state index < -0.39 is 0 Å². The smallest absolute Gasteiger partial charge is 0.231 e. The van der Waals surface area contributed by atoms with Crippen LogP contribution in [0.2, 0.25) is 0 Å². The highest BCUT2D eigenvalue weighted by atomic mass is 16.5. The summed E-state index contributed by atoms with van der Waals surface area (Å²) in [6.07, 6.45) is 3.58. The van der Waals surface area contributed by atoms with Gasteiger partial charge in [0, 0.05) is 19.3 Å². The fourth-order valence-corrected chi connectivity index (χ4v) is 1.54. The summed E-state index contributed by atoms with van der Waals surface area (Å²) in [5, 5.41) is 11.2. The first-order valence-electron chi connectivity index (χ1n) is 5.61. The lowest BCUT2D eigenvalue weighted by Gasteiger charge is -2.14. The number of hydrogen-bond acceptors (Lipinski definition) is 5. The molecule has 0 spiro atoms. The minimum absolute atomic E-state index is 0.179. The second kappa shape index (κ2) is 4.67. The SMILES string of the molecule is CNC(C)C(C)c1nc(-c2cnn(C)c2)no1. The highest BCUT2D eigenvalue weighted by Crippen LogP contribution is 2.21. The Morgan fingerprint density at radius 3 is 2.76 bits per heavy atom. The van der Waals surface area contributed by atoms with Gasteiger partial charge >= 0.3 is 0 Å². The molecule has 2 unspecified atom stereocenters. The van der Waals surface area contributed by atoms with Crippen LogP contribution in [0.5, 0.6) is 0 Å². The largest absolute Gasteiger partial charge is 0.339 e. The number of nitrogens with zero attached hydrogens (tertiary/aromatic N) is 4. The van der Waals surface area contributed by atoms with Crippen LogP contribution in [0.3, 0.4) is 0 Å². The molecule has 1 N–H and O–H groups in total. The van der Waals surface area contributed by atoms with E-state index in [0.717, 1.165) is 5.56 Å². The lowest BCUT2D eigenvalue weighted by atomic mass is 10.0. The highest BCUT2D eigenvalue weighted by molar-refractivity contribution is 5.51. The first kappa shape index (κ1) is 11.8. The Morgan fingerprint density at radius 1 is 1.41 bits per heavy atom. The summed E-state index contributed by atoms with van der Waals surface area (Å²) in [7, 11) is 3.77. The van der Waals surface area contributed by atoms with E-state index >= 15 is 0 Å². The monoisotopic (exact) mass is 235 g/mol. The van der Waals surface area contributed by atoms with Gasteiger partial charge in [0.15, 0.2) is 0 Å². The molecule has 6 heteroatoms. The third kappa shape index (κ3) is 2.36. The average molecular weight is 235 g/mol. The topological polar surface area (TPSA) is 68.8 Å². The van der Waals surface area contributed by atoms with E-state index in [1.54, 1.807) is 10.9 Å². The van der Waals surface area contributed by atoms with Crippen molar-refractivity contribution in [2.75, 3.05) is 7.05 Å². The van der Waals surface area contributed by atoms with Gasteiger partial charge in [-0.25, -0.2) is 0 Å². The minimum Gasteiger partial charge on any atom is -0.339 e. The lowest BCUT2D eigenvalue weighted by Crippen LogP contribution is -2.27. The first-order valence-corrected chi connectivity index (χ1v) is 5.61. The van der Waals surface area contributed by atoms with Gasteiger partial charge in [-0.05, 0) is 14.0 Å². The third-order valence-electron chi connectivity index (χ3n) is 3.00. The van der Waals surface area contributed by atoms with Gasteiger partial charge in [0.25, 0.3) is 0 Å². The van der Waals surface area contributed by atoms with Crippen molar-refractivity contribution in [3.05, 3.63) is 18.3 Å². The van der Waals surface area contributed by atoms with Crippen LogP contribution in [0.1, 0.15) is 25.7 Å². The van der Waals surface area contributed by atoms with Gasteiger partial charge in [-0.2, -0.15) is 10.1 Å². The average Bonchev–Trinajstić information content (AvgIpc) is 2.95. The Balaban J connectivity index is 2.21. The summed E-state index contributed by atoms with van der Waals surface area (Å²) in [6, 6.07) is 0.289. The summed E-state index contributed by atoms with van der Waals surface area (Å²) in [5.41, 5.74) is 0.867. The van der Waals surface area contributed by atoms with Crippen LogP contribution in [-0.2, 0) is 7.05 Å². The molecule has 0 fully saturated rings. The van der Waals surface area contributed by atoms with Crippen LogP contribution in [0.15, 0.2) is 16.9 Å². The first-order chi connectivity index (χ1) is 8.11. The van der Waals surface area contributed by atoms with Crippen LogP contribution in [-0.4, -0.2) is 33.0 Å². The molecule has 0 saturated carbocycles. The molecule has 0 aromatic carbocycles. The molecule has 0 aliphatic rings. The Labute approximate surface area is 100 Å². The summed E-state index contributed by atoms with van der Waals surface area (Å²) >= 11 is 0. The second-order valence-electron chi connectivity index (χ2n) is 4.22. The van der Waals surface area contributed by atoms with Crippen LogP contribution < -0.4 is 5.32 Å². The molecule has 0 radical (unpaired) electrons. The molecule has 2 heterocycles. The van der Waals surface area contributed by atoms with Crippen molar-refractivity contribution in [2.24, 2.45) is 7.05 Å². The van der Waals surface area contributed by atoms with Gasteiger partial charge in [-0.3, -0.25) is 4.68 Å². The highest BCUT2D eigenvalue weighted by Gasteiger charge is 2.20. The van der Waals surface area contributed by atoms with E-state index in [0.29, 0.717) is 11.7 Å². The quantitative estimate of drug-likeness (QED) is 0.861. The Hall–Kier alpha value is -1.69. The van der Waals surface area contributed by atoms with Crippen LogP contribution in [0, 0.1) is 0 Å². The number of aromatic nitrogens is 4. The van der Waals surface area contributed by atoms with Crippen molar-refractivity contribution in [1.29, 1.82) is 0 Å². The predicted octanol–water partition coefficient (Wildman–Crippen LogP) is 1.18. The van der Waals surface area contributed by atoms with Gasteiger partial charge in [0.2, 0.25) is 11.7 Å². The zero-order valence-corrected chi connectivity index (χ0v) is 10.5. The standard InChI is InChI=1S/C11H17N5O/c1-7(8(2)12-3)11-14-10(15-17-11)9-5-13-16(4)6-9/h5-8,12H,1-4H3. The molecule has 0 aliphatic heterocycles. The van der Waals surface area contributed by atoms with Crippen molar-refractivity contribution in [3.8, 4) is 11.4 Å². The Kier molecular flexibility index (Phi) is 3.23. The predicted molar refractivity (Wildman–Crippen MR) is 63.4 cm³/mol. The van der Waals surface area contributed by atoms with Crippen molar-refractivity contribution >= 4 is 0 Å². The van der Waals surface area contributed by atoms with Crippen molar-refractivity contribution < 1.29 is 4.52 Å². The van der Waals surface area contributed by atoms with E-state index in [2.05, 4.69) is 34.4 Å². The van der Waals surface area contributed by atoms with E-state index in [-0.39, 0.29) is 12.0 Å². The van der Waals surface area contributed by atoms with E-state index in [1.165, 1.54) is 0 Å². The fraction of sp³-hybridized carbons (Fsp3) is 0.545. The van der Waals surface area contributed by atoms with Gasteiger partial charge < -0.3 is 9.84 Å². The van der Waals surface area contributed by atoms with Crippen LogP contribution in [0.25, 0.3) is 11.4 Å². The molecular formula is C11H17N5O. The Morgan fingerprint density at radius 2 is 2.18 bits per heavy atom. The van der Waals surface area contributed by atoms with Crippen molar-refractivity contribution in [1.82, 2.24) is 25.2 Å². The Bertz CT molecular complexity index is 490. The fourth-order valence-electron chi connectivity index (χ4n) is 1.54. The molecule has 0 saturated heterocycles. The molecule has 6 nitrogen and oxygen atoms in total. The third-order valence-corrected chi connectivity index (χ3v) is 3.00. The molecule has 2 rings (SSSR count). The zero-order chi connectivity index (χ0) is 12.4. The summed E-state index contributed by atoms with van der Waals surface area (Å²) < 4.78 is 6.99. The number of rotatable bonds is 4. The minimum atomic E-state index is 0.179. The number of nitrogens with one attached hydrogen (secondary N) is 1. The summed E-state index contributed by atoms with van der Waals surface area (Å²) in [5.74, 6) is 1.41. The number of aryl methyl sites for hydroxylation is 1. The van der Waals surface area contributed by atoms with Crippen molar-refractivity contribution in [3.63, 3.8) is 0 Å².